The molecular formula is C25H27N5O3. The number of carbonyl (C=O) groups is 1. The van der Waals surface area contributed by atoms with E-state index < -0.39 is 0 Å². The molecule has 0 saturated carbocycles. The van der Waals surface area contributed by atoms with Gasteiger partial charge >= 0.3 is 0 Å². The molecule has 0 spiro atoms. The van der Waals surface area contributed by atoms with E-state index in [0.29, 0.717) is 35.1 Å². The largest absolute Gasteiger partial charge is 0.490 e. The lowest BCUT2D eigenvalue weighted by Gasteiger charge is -2.16. The summed E-state index contributed by atoms with van der Waals surface area (Å²) in [5.74, 6) is 1.43. The molecule has 1 N–H and O–H groups in total. The SMILES string of the molecule is CC(C)Oc1ccc(-c2nc(-c3cccc4c3CC[C@@H]4NCC(=O)N(C)C)no2)cc1C#N. The first kappa shape index (κ1) is 22.5. The Kier molecular flexibility index (Phi) is 6.43. The van der Waals surface area contributed by atoms with Crippen molar-refractivity contribution in [1.29, 1.82) is 5.26 Å². The molecule has 0 saturated heterocycles. The fourth-order valence-electron chi connectivity index (χ4n) is 4.00. The number of ether oxygens (including phenoxy) is 1. The second kappa shape index (κ2) is 9.43. The normalized spacial score (nSPS) is 14.7. The summed E-state index contributed by atoms with van der Waals surface area (Å²) in [6, 6.07) is 13.6. The molecule has 33 heavy (non-hydrogen) atoms. The number of hydrogen-bond donors (Lipinski definition) is 1. The second-order valence-electron chi connectivity index (χ2n) is 8.55. The van der Waals surface area contributed by atoms with E-state index in [1.165, 1.54) is 0 Å². The minimum atomic E-state index is -0.0301. The molecule has 0 radical (unpaired) electrons. The molecule has 8 heteroatoms. The summed E-state index contributed by atoms with van der Waals surface area (Å²) in [7, 11) is 3.51. The third-order valence-corrected chi connectivity index (χ3v) is 5.65. The van der Waals surface area contributed by atoms with E-state index in [4.69, 9.17) is 9.26 Å². The van der Waals surface area contributed by atoms with E-state index >= 15 is 0 Å². The van der Waals surface area contributed by atoms with Gasteiger partial charge in [0.05, 0.1) is 18.2 Å². The van der Waals surface area contributed by atoms with E-state index in [1.807, 2.05) is 32.0 Å². The first-order valence-electron chi connectivity index (χ1n) is 11.0. The van der Waals surface area contributed by atoms with Gasteiger partial charge in [-0.25, -0.2) is 0 Å². The number of nitriles is 1. The maximum Gasteiger partial charge on any atom is 0.258 e. The van der Waals surface area contributed by atoms with Crippen molar-refractivity contribution in [3.8, 4) is 34.7 Å². The molecule has 1 amide bonds. The highest BCUT2D eigenvalue weighted by molar-refractivity contribution is 5.77. The summed E-state index contributed by atoms with van der Waals surface area (Å²) in [6.45, 7) is 4.13. The molecule has 4 rings (SSSR count). The number of benzene rings is 2. The number of nitrogens with one attached hydrogen (secondary N) is 1. The first-order valence-corrected chi connectivity index (χ1v) is 11.0. The molecule has 1 aromatic heterocycles. The predicted octanol–water partition coefficient (Wildman–Crippen LogP) is 3.73. The summed E-state index contributed by atoms with van der Waals surface area (Å²) in [4.78, 5) is 18.1. The average Bonchev–Trinajstić information content (AvgIpc) is 3.44. The van der Waals surface area contributed by atoms with Gasteiger partial charge in [-0.3, -0.25) is 4.79 Å². The molecular weight excluding hydrogens is 418 g/mol. The smallest absolute Gasteiger partial charge is 0.258 e. The van der Waals surface area contributed by atoms with Gasteiger partial charge in [0.25, 0.3) is 5.89 Å². The Balaban J connectivity index is 1.58. The van der Waals surface area contributed by atoms with Crippen LogP contribution in [0.4, 0.5) is 0 Å². The summed E-state index contributed by atoms with van der Waals surface area (Å²) in [5, 5.41) is 17.1. The maximum absolute atomic E-state index is 12.0. The molecule has 8 nitrogen and oxygen atoms in total. The molecule has 0 fully saturated rings. The Labute approximate surface area is 193 Å². The van der Waals surface area contributed by atoms with Gasteiger partial charge in [0.15, 0.2) is 0 Å². The molecule has 2 aromatic carbocycles. The number of nitrogens with zero attached hydrogens (tertiary/aromatic N) is 4. The van der Waals surface area contributed by atoms with Crippen molar-refractivity contribution in [2.45, 2.75) is 38.8 Å². The van der Waals surface area contributed by atoms with Gasteiger partial charge in [0, 0.05) is 31.3 Å². The maximum atomic E-state index is 12.0. The van der Waals surface area contributed by atoms with Crippen molar-refractivity contribution in [3.05, 3.63) is 53.1 Å². The molecule has 1 aliphatic carbocycles. The second-order valence-corrected chi connectivity index (χ2v) is 8.55. The molecule has 170 valence electrons. The van der Waals surface area contributed by atoms with E-state index in [-0.39, 0.29) is 18.1 Å². The van der Waals surface area contributed by atoms with Crippen LogP contribution in [0.5, 0.6) is 5.75 Å². The highest BCUT2D eigenvalue weighted by Crippen LogP contribution is 2.37. The zero-order chi connectivity index (χ0) is 23.5. The predicted molar refractivity (Wildman–Crippen MR) is 123 cm³/mol. The van der Waals surface area contributed by atoms with Gasteiger partial charge in [0.1, 0.15) is 11.8 Å². The monoisotopic (exact) mass is 445 g/mol. The summed E-state index contributed by atoms with van der Waals surface area (Å²) >= 11 is 0. The average molecular weight is 446 g/mol. The van der Waals surface area contributed by atoms with E-state index in [2.05, 4.69) is 27.6 Å². The highest BCUT2D eigenvalue weighted by Gasteiger charge is 2.27. The Morgan fingerprint density at radius 3 is 2.88 bits per heavy atom. The standard InChI is InChI=1S/C25H27N5O3/c1-15(2)32-22-11-8-16(12-17(22)13-26)25-28-24(29-33-25)20-7-5-6-19-18(20)9-10-21(19)27-14-23(31)30(3)4/h5-8,11-12,15,21,27H,9-10,14H2,1-4H3/t21-/m0/s1. The lowest BCUT2D eigenvalue weighted by atomic mass is 10.0. The van der Waals surface area contributed by atoms with Crippen molar-refractivity contribution < 1.29 is 14.1 Å². The van der Waals surface area contributed by atoms with E-state index in [0.717, 1.165) is 29.5 Å². The molecule has 1 atom stereocenters. The lowest BCUT2D eigenvalue weighted by molar-refractivity contribution is -0.127. The summed E-state index contributed by atoms with van der Waals surface area (Å²) < 4.78 is 11.2. The molecule has 0 bridgehead atoms. The lowest BCUT2D eigenvalue weighted by Crippen LogP contribution is -2.34. The quantitative estimate of drug-likeness (QED) is 0.591. The number of likely N-dealkylation sites (N-methyl/N-ethyl adjacent to an activating group) is 1. The minimum Gasteiger partial charge on any atom is -0.490 e. The van der Waals surface area contributed by atoms with Gasteiger partial charge in [-0.1, -0.05) is 23.4 Å². The number of aromatic nitrogens is 2. The van der Waals surface area contributed by atoms with Crippen LogP contribution in [-0.2, 0) is 11.2 Å². The van der Waals surface area contributed by atoms with Crippen molar-refractivity contribution in [1.82, 2.24) is 20.4 Å². The molecule has 0 aliphatic heterocycles. The van der Waals surface area contributed by atoms with E-state index in [9.17, 15) is 10.1 Å². The topological polar surface area (TPSA) is 104 Å². The third-order valence-electron chi connectivity index (χ3n) is 5.65. The third kappa shape index (κ3) is 4.73. The van der Waals surface area contributed by atoms with Crippen LogP contribution in [0.3, 0.4) is 0 Å². The number of rotatable bonds is 7. The first-order chi connectivity index (χ1) is 15.9. The molecule has 3 aromatic rings. The molecule has 1 heterocycles. The molecule has 0 unspecified atom stereocenters. The number of carbonyl (C=O) groups excluding carboxylic acids is 1. The number of hydrogen-bond acceptors (Lipinski definition) is 7. The van der Waals surface area contributed by atoms with Gasteiger partial charge in [0.2, 0.25) is 11.7 Å². The fourth-order valence-corrected chi connectivity index (χ4v) is 4.00. The van der Waals surface area contributed by atoms with Crippen LogP contribution in [0, 0.1) is 11.3 Å². The van der Waals surface area contributed by atoms with Crippen molar-refractivity contribution in [2.24, 2.45) is 0 Å². The number of amides is 1. The molecule has 1 aliphatic rings. The van der Waals surface area contributed by atoms with Crippen molar-refractivity contribution >= 4 is 5.91 Å². The van der Waals surface area contributed by atoms with Crippen LogP contribution in [0.2, 0.25) is 0 Å². The Morgan fingerprint density at radius 2 is 2.15 bits per heavy atom. The van der Waals surface area contributed by atoms with Crippen LogP contribution in [0.25, 0.3) is 22.8 Å². The summed E-state index contributed by atoms with van der Waals surface area (Å²) in [6.07, 6.45) is 1.74. The van der Waals surface area contributed by atoms with Crippen molar-refractivity contribution in [2.75, 3.05) is 20.6 Å². The van der Waals surface area contributed by atoms with E-state index in [1.54, 1.807) is 31.1 Å². The van der Waals surface area contributed by atoms with Gasteiger partial charge < -0.3 is 19.5 Å². The highest BCUT2D eigenvalue weighted by atomic mass is 16.5. The van der Waals surface area contributed by atoms with Crippen LogP contribution in [0.1, 0.15) is 43.0 Å². The van der Waals surface area contributed by atoms with Gasteiger partial charge in [-0.2, -0.15) is 10.2 Å². The van der Waals surface area contributed by atoms with Crippen molar-refractivity contribution in [3.63, 3.8) is 0 Å². The Bertz CT molecular complexity index is 1210. The Hall–Kier alpha value is -3.70. The van der Waals surface area contributed by atoms with Crippen LogP contribution < -0.4 is 10.1 Å². The zero-order valence-corrected chi connectivity index (χ0v) is 19.3. The summed E-state index contributed by atoms with van der Waals surface area (Å²) in [5.41, 5.74) is 4.33. The van der Waals surface area contributed by atoms with Crippen LogP contribution >= 0.6 is 0 Å². The number of fused-ring (bicyclic) bond motifs is 1. The Morgan fingerprint density at radius 1 is 1.33 bits per heavy atom. The fraction of sp³-hybridized carbons (Fsp3) is 0.360. The van der Waals surface area contributed by atoms with Crippen LogP contribution in [-0.4, -0.2) is 47.7 Å². The van der Waals surface area contributed by atoms with Gasteiger partial charge in [-0.05, 0) is 56.0 Å². The van der Waals surface area contributed by atoms with Crippen LogP contribution in [0.15, 0.2) is 40.9 Å². The van der Waals surface area contributed by atoms with Gasteiger partial charge in [-0.15, -0.1) is 0 Å². The minimum absolute atomic E-state index is 0.0301. The zero-order valence-electron chi connectivity index (χ0n) is 19.3.